The zero-order chi connectivity index (χ0) is 13.8. The summed E-state index contributed by atoms with van der Waals surface area (Å²) in [6, 6.07) is 3.93. The van der Waals surface area contributed by atoms with Crippen molar-refractivity contribution in [3.8, 4) is 0 Å². The van der Waals surface area contributed by atoms with Gasteiger partial charge in [0.2, 0.25) is 0 Å². The van der Waals surface area contributed by atoms with Crippen LogP contribution >= 0.6 is 11.8 Å². The minimum Gasteiger partial charge on any atom is -0.438 e. The number of pyridine rings is 1. The highest BCUT2D eigenvalue weighted by Crippen LogP contribution is 2.51. The monoisotopic (exact) mass is 291 g/mol. The molecule has 1 amide bonds. The lowest BCUT2D eigenvalue weighted by molar-refractivity contribution is -0.0438. The summed E-state index contributed by atoms with van der Waals surface area (Å²) in [6.45, 7) is 4.22. The SMILES string of the molecule is CC1(N2CCC3(CC2)OC(=O)Nc2ncccc23)CS1. The van der Waals surface area contributed by atoms with Crippen molar-refractivity contribution in [3.05, 3.63) is 23.9 Å². The first-order chi connectivity index (χ1) is 9.61. The maximum absolute atomic E-state index is 11.8. The number of fused-ring (bicyclic) bond motifs is 2. The Morgan fingerprint density at radius 2 is 2.20 bits per heavy atom. The Kier molecular flexibility index (Phi) is 2.57. The Hall–Kier alpha value is -1.27. The van der Waals surface area contributed by atoms with Gasteiger partial charge in [0.1, 0.15) is 11.4 Å². The highest BCUT2D eigenvalue weighted by Gasteiger charge is 2.51. The van der Waals surface area contributed by atoms with Crippen LogP contribution in [0.4, 0.5) is 10.6 Å². The number of nitrogens with one attached hydrogen (secondary N) is 1. The van der Waals surface area contributed by atoms with E-state index in [1.807, 2.05) is 23.9 Å². The molecular formula is C14H17N3O2S. The van der Waals surface area contributed by atoms with Crippen LogP contribution in [0, 0.1) is 0 Å². The molecule has 1 N–H and O–H groups in total. The average Bonchev–Trinajstić information content (AvgIpc) is 3.18. The highest BCUT2D eigenvalue weighted by atomic mass is 32.2. The Morgan fingerprint density at radius 3 is 2.90 bits per heavy atom. The minimum absolute atomic E-state index is 0.316. The lowest BCUT2D eigenvalue weighted by atomic mass is 9.83. The van der Waals surface area contributed by atoms with Gasteiger partial charge in [0.05, 0.1) is 4.87 Å². The van der Waals surface area contributed by atoms with Crippen LogP contribution in [-0.4, -0.2) is 39.7 Å². The van der Waals surface area contributed by atoms with Gasteiger partial charge in [-0.25, -0.2) is 9.78 Å². The summed E-state index contributed by atoms with van der Waals surface area (Å²) in [6.07, 6.45) is 3.01. The molecule has 1 aromatic rings. The molecule has 20 heavy (non-hydrogen) atoms. The van der Waals surface area contributed by atoms with Gasteiger partial charge in [-0.1, -0.05) is 0 Å². The second-order valence-electron chi connectivity index (χ2n) is 5.86. The molecule has 0 aromatic carbocycles. The number of anilines is 1. The topological polar surface area (TPSA) is 54.5 Å². The van der Waals surface area contributed by atoms with E-state index < -0.39 is 5.60 Å². The standard InChI is InChI=1S/C14H17N3O2S/c1-13(9-20-13)17-7-4-14(5-8-17)10-3-2-6-15-11(10)16-12(18)19-14/h2-3,6H,4-5,7-9H2,1H3,(H,15,16,18). The van der Waals surface area contributed by atoms with Crippen LogP contribution in [0.2, 0.25) is 0 Å². The lowest BCUT2D eigenvalue weighted by Crippen LogP contribution is -2.51. The molecule has 4 rings (SSSR count). The Morgan fingerprint density at radius 1 is 1.45 bits per heavy atom. The second kappa shape index (κ2) is 4.11. The number of amides is 1. The normalized spacial score (nSPS) is 31.4. The highest BCUT2D eigenvalue weighted by molar-refractivity contribution is 8.07. The number of piperidine rings is 1. The van der Waals surface area contributed by atoms with Crippen LogP contribution in [0.15, 0.2) is 18.3 Å². The molecule has 1 atom stereocenters. The molecule has 2 fully saturated rings. The number of likely N-dealkylation sites (tertiary alicyclic amines) is 1. The molecule has 106 valence electrons. The van der Waals surface area contributed by atoms with E-state index in [1.54, 1.807) is 6.20 Å². The molecule has 5 nitrogen and oxygen atoms in total. The largest absolute Gasteiger partial charge is 0.438 e. The molecular weight excluding hydrogens is 274 g/mol. The van der Waals surface area contributed by atoms with Crippen molar-refractivity contribution in [1.82, 2.24) is 9.88 Å². The van der Waals surface area contributed by atoms with E-state index in [0.717, 1.165) is 31.5 Å². The summed E-state index contributed by atoms with van der Waals surface area (Å²) in [5.74, 6) is 1.86. The van der Waals surface area contributed by atoms with E-state index >= 15 is 0 Å². The molecule has 2 saturated heterocycles. The molecule has 0 bridgehead atoms. The van der Waals surface area contributed by atoms with Crippen molar-refractivity contribution < 1.29 is 9.53 Å². The van der Waals surface area contributed by atoms with Gasteiger partial charge >= 0.3 is 6.09 Å². The summed E-state index contributed by atoms with van der Waals surface area (Å²) in [4.78, 5) is 18.9. The maximum atomic E-state index is 11.8. The van der Waals surface area contributed by atoms with Crippen molar-refractivity contribution in [2.45, 2.75) is 30.2 Å². The van der Waals surface area contributed by atoms with Gasteiger partial charge in [-0.2, -0.15) is 0 Å². The van der Waals surface area contributed by atoms with Gasteiger partial charge in [0.15, 0.2) is 0 Å². The first kappa shape index (κ1) is 12.5. The predicted molar refractivity (Wildman–Crippen MR) is 77.7 cm³/mol. The number of rotatable bonds is 1. The molecule has 0 radical (unpaired) electrons. The van der Waals surface area contributed by atoms with Crippen LogP contribution in [0.25, 0.3) is 0 Å². The molecule has 3 aliphatic rings. The molecule has 6 heteroatoms. The van der Waals surface area contributed by atoms with Crippen molar-refractivity contribution in [3.63, 3.8) is 0 Å². The fourth-order valence-electron chi connectivity index (χ4n) is 3.23. The quantitative estimate of drug-likeness (QED) is 0.805. The third kappa shape index (κ3) is 1.82. The zero-order valence-electron chi connectivity index (χ0n) is 11.4. The maximum Gasteiger partial charge on any atom is 0.413 e. The number of ether oxygens (including phenoxy) is 1. The average molecular weight is 291 g/mol. The van der Waals surface area contributed by atoms with E-state index in [2.05, 4.69) is 22.1 Å². The lowest BCUT2D eigenvalue weighted by Gasteiger charge is -2.45. The second-order valence-corrected chi connectivity index (χ2v) is 7.32. The van der Waals surface area contributed by atoms with Crippen LogP contribution in [-0.2, 0) is 10.3 Å². The van der Waals surface area contributed by atoms with Gasteiger partial charge in [-0.15, -0.1) is 11.8 Å². The van der Waals surface area contributed by atoms with Gasteiger partial charge in [-0.05, 0) is 19.1 Å². The number of hydrogen-bond donors (Lipinski definition) is 1. The number of carbonyl (C=O) groups is 1. The number of thioether (sulfide) groups is 1. The zero-order valence-corrected chi connectivity index (χ0v) is 12.2. The first-order valence-corrected chi connectivity index (χ1v) is 7.94. The summed E-state index contributed by atoms with van der Waals surface area (Å²) in [5.41, 5.74) is 0.533. The van der Waals surface area contributed by atoms with Crippen LogP contribution < -0.4 is 5.32 Å². The van der Waals surface area contributed by atoms with E-state index in [1.165, 1.54) is 5.75 Å². The third-order valence-electron chi connectivity index (χ3n) is 4.61. The fraction of sp³-hybridized carbons (Fsp3) is 0.571. The Balaban J connectivity index is 1.63. The molecule has 0 saturated carbocycles. The number of carbonyl (C=O) groups excluding carboxylic acids is 1. The fourth-order valence-corrected chi connectivity index (χ4v) is 3.98. The summed E-state index contributed by atoms with van der Waals surface area (Å²) < 4.78 is 5.70. The van der Waals surface area contributed by atoms with Crippen molar-refractivity contribution in [1.29, 1.82) is 0 Å². The van der Waals surface area contributed by atoms with Gasteiger partial charge < -0.3 is 4.74 Å². The van der Waals surface area contributed by atoms with E-state index in [4.69, 9.17) is 4.74 Å². The summed E-state index contributed by atoms with van der Waals surface area (Å²) in [5, 5.41) is 2.70. The minimum atomic E-state index is -0.488. The van der Waals surface area contributed by atoms with Gasteiger partial charge in [0, 0.05) is 43.4 Å². The first-order valence-electron chi connectivity index (χ1n) is 6.96. The van der Waals surface area contributed by atoms with Crippen LogP contribution in [0.1, 0.15) is 25.3 Å². The predicted octanol–water partition coefficient (Wildman–Crippen LogP) is 2.40. The molecule has 4 heterocycles. The number of hydrogen-bond acceptors (Lipinski definition) is 5. The summed E-state index contributed by atoms with van der Waals surface area (Å²) >= 11 is 1.99. The Bertz CT molecular complexity index is 565. The molecule has 3 aliphatic heterocycles. The van der Waals surface area contributed by atoms with Crippen molar-refractivity contribution >= 4 is 23.7 Å². The molecule has 1 spiro atoms. The summed E-state index contributed by atoms with van der Waals surface area (Å²) in [7, 11) is 0. The smallest absolute Gasteiger partial charge is 0.413 e. The van der Waals surface area contributed by atoms with Crippen molar-refractivity contribution in [2.24, 2.45) is 0 Å². The molecule has 1 aromatic heterocycles. The van der Waals surface area contributed by atoms with Crippen LogP contribution in [0.3, 0.4) is 0 Å². The van der Waals surface area contributed by atoms with Gasteiger partial charge in [0.25, 0.3) is 0 Å². The van der Waals surface area contributed by atoms with E-state index in [9.17, 15) is 4.79 Å². The van der Waals surface area contributed by atoms with E-state index in [0.29, 0.717) is 10.7 Å². The third-order valence-corrected chi connectivity index (χ3v) is 5.99. The molecule has 0 aliphatic carbocycles. The van der Waals surface area contributed by atoms with Gasteiger partial charge in [-0.3, -0.25) is 10.2 Å². The number of aromatic nitrogens is 1. The van der Waals surface area contributed by atoms with Crippen LogP contribution in [0.5, 0.6) is 0 Å². The van der Waals surface area contributed by atoms with Crippen molar-refractivity contribution in [2.75, 3.05) is 24.2 Å². The number of nitrogens with zero attached hydrogens (tertiary/aromatic N) is 2. The molecule has 1 unspecified atom stereocenters. The van der Waals surface area contributed by atoms with E-state index in [-0.39, 0.29) is 6.09 Å². The Labute approximate surface area is 122 Å².